The number of hydrogen-bond acceptors (Lipinski definition) is 6. The summed E-state index contributed by atoms with van der Waals surface area (Å²) >= 11 is 0. The third-order valence-corrected chi connectivity index (χ3v) is 7.24. The fourth-order valence-corrected chi connectivity index (χ4v) is 5.54. The van der Waals surface area contributed by atoms with Gasteiger partial charge in [0.2, 0.25) is 0 Å². The molecular weight excluding hydrogens is 396 g/mol. The Labute approximate surface area is 187 Å². The van der Waals surface area contributed by atoms with E-state index >= 15 is 0 Å². The number of aliphatic hydroxyl groups excluding tert-OH is 1. The lowest BCUT2D eigenvalue weighted by Crippen LogP contribution is -2.31. The van der Waals surface area contributed by atoms with Crippen LogP contribution in [0.4, 0.5) is 0 Å². The summed E-state index contributed by atoms with van der Waals surface area (Å²) in [4.78, 5) is 0. The largest absolute Gasteiger partial charge is 0.368 e. The lowest BCUT2D eigenvalue weighted by molar-refractivity contribution is -0.196. The molecule has 0 spiro atoms. The molecule has 1 saturated carbocycles. The zero-order chi connectivity index (χ0) is 21.5. The Hall–Kier alpha value is -0.500. The fraction of sp³-hybridized carbons (Fsp3) is 0.920. The molecule has 3 aliphatic heterocycles. The van der Waals surface area contributed by atoms with Crippen LogP contribution in [0, 0.1) is 11.8 Å². The summed E-state index contributed by atoms with van der Waals surface area (Å²) in [6.45, 7) is 3.82. The molecule has 6 nitrogen and oxygen atoms in total. The van der Waals surface area contributed by atoms with Crippen molar-refractivity contribution < 1.29 is 28.8 Å². The molecule has 31 heavy (non-hydrogen) atoms. The summed E-state index contributed by atoms with van der Waals surface area (Å²) in [5.41, 5.74) is 0. The minimum atomic E-state index is -0.648. The highest BCUT2D eigenvalue weighted by molar-refractivity contribution is 5.07. The van der Waals surface area contributed by atoms with Gasteiger partial charge in [-0.3, -0.25) is 0 Å². The molecule has 3 heterocycles. The first kappa shape index (κ1) is 23.7. The van der Waals surface area contributed by atoms with Gasteiger partial charge in [0.25, 0.3) is 0 Å². The molecule has 8 atom stereocenters. The summed E-state index contributed by atoms with van der Waals surface area (Å²) in [5, 5.41) is 10.0. The van der Waals surface area contributed by atoms with E-state index in [0.29, 0.717) is 12.3 Å². The predicted molar refractivity (Wildman–Crippen MR) is 117 cm³/mol. The second-order valence-electron chi connectivity index (χ2n) is 9.66. The summed E-state index contributed by atoms with van der Waals surface area (Å²) in [5.74, 6) is 0.513. The van der Waals surface area contributed by atoms with Crippen LogP contribution in [-0.4, -0.2) is 55.5 Å². The van der Waals surface area contributed by atoms with Gasteiger partial charge in [-0.25, -0.2) is 0 Å². The van der Waals surface area contributed by atoms with Crippen molar-refractivity contribution in [2.75, 3.05) is 13.2 Å². The van der Waals surface area contributed by atoms with Crippen molar-refractivity contribution in [2.24, 2.45) is 11.8 Å². The standard InChI is InChI=1S/C25H42O6/c1-2-3-4-9-18(29-24-10-5-7-14-27-24)12-13-19-20-16-23(26)30-22(20)17-21(19)31-25-11-6-8-15-28-25/h12-13,18-26H,2-11,14-17H2,1H3. The minimum absolute atomic E-state index is 0.0625. The Morgan fingerprint density at radius 1 is 1.00 bits per heavy atom. The topological polar surface area (TPSA) is 66.4 Å². The molecule has 0 radical (unpaired) electrons. The van der Waals surface area contributed by atoms with E-state index in [1.54, 1.807) is 0 Å². The van der Waals surface area contributed by atoms with Crippen molar-refractivity contribution in [2.45, 2.75) is 121 Å². The van der Waals surface area contributed by atoms with Crippen LogP contribution < -0.4 is 0 Å². The smallest absolute Gasteiger partial charge is 0.158 e. The molecule has 3 saturated heterocycles. The highest BCUT2D eigenvalue weighted by atomic mass is 16.7. The van der Waals surface area contributed by atoms with Gasteiger partial charge in [-0.15, -0.1) is 0 Å². The molecule has 0 bridgehead atoms. The number of ether oxygens (including phenoxy) is 5. The van der Waals surface area contributed by atoms with Gasteiger partial charge < -0.3 is 28.8 Å². The molecule has 4 aliphatic rings. The maximum absolute atomic E-state index is 10.0. The van der Waals surface area contributed by atoms with Crippen molar-refractivity contribution in [3.05, 3.63) is 12.2 Å². The van der Waals surface area contributed by atoms with Crippen LogP contribution in [-0.2, 0) is 23.7 Å². The zero-order valence-corrected chi connectivity index (χ0v) is 19.2. The fourth-order valence-electron chi connectivity index (χ4n) is 5.54. The highest BCUT2D eigenvalue weighted by Gasteiger charge is 2.49. The third kappa shape index (κ3) is 6.75. The molecule has 0 aromatic rings. The van der Waals surface area contributed by atoms with E-state index in [9.17, 15) is 5.11 Å². The highest BCUT2D eigenvalue weighted by Crippen LogP contribution is 2.45. The van der Waals surface area contributed by atoms with E-state index in [2.05, 4.69) is 19.1 Å². The molecule has 0 amide bonds. The Balaban J connectivity index is 1.40. The number of unbranched alkanes of at least 4 members (excludes halogenated alkanes) is 2. The van der Waals surface area contributed by atoms with Crippen LogP contribution in [0.25, 0.3) is 0 Å². The van der Waals surface area contributed by atoms with Crippen molar-refractivity contribution in [3.63, 3.8) is 0 Å². The van der Waals surface area contributed by atoms with Gasteiger partial charge in [0.05, 0.1) is 18.3 Å². The first-order valence-electron chi connectivity index (χ1n) is 12.8. The van der Waals surface area contributed by atoms with E-state index in [4.69, 9.17) is 23.7 Å². The van der Waals surface area contributed by atoms with E-state index in [1.165, 1.54) is 19.3 Å². The minimum Gasteiger partial charge on any atom is -0.368 e. The first-order chi connectivity index (χ1) is 15.2. The maximum atomic E-state index is 10.0. The zero-order valence-electron chi connectivity index (χ0n) is 19.2. The second kappa shape index (κ2) is 12.1. The number of hydrogen-bond donors (Lipinski definition) is 1. The van der Waals surface area contributed by atoms with E-state index in [-0.39, 0.29) is 36.8 Å². The second-order valence-corrected chi connectivity index (χ2v) is 9.66. The van der Waals surface area contributed by atoms with Gasteiger partial charge in [0.15, 0.2) is 18.9 Å². The Morgan fingerprint density at radius 2 is 1.77 bits per heavy atom. The van der Waals surface area contributed by atoms with Gasteiger partial charge >= 0.3 is 0 Å². The summed E-state index contributed by atoms with van der Waals surface area (Å²) in [6, 6.07) is 0. The first-order valence-corrected chi connectivity index (χ1v) is 12.8. The van der Waals surface area contributed by atoms with Crippen LogP contribution in [0.5, 0.6) is 0 Å². The molecule has 8 unspecified atom stereocenters. The molecule has 6 heteroatoms. The number of aliphatic hydroxyl groups is 1. The van der Waals surface area contributed by atoms with Crippen LogP contribution in [0.3, 0.4) is 0 Å². The molecule has 1 aliphatic carbocycles. The Kier molecular flexibility index (Phi) is 9.23. The van der Waals surface area contributed by atoms with Gasteiger partial charge in [-0.1, -0.05) is 38.3 Å². The normalized spacial score (nSPS) is 39.7. The SMILES string of the molecule is CCCCCC(C=CC1C(OC2CCCCO2)CC2OC(O)CC21)OC1CCCCO1. The van der Waals surface area contributed by atoms with Crippen LogP contribution in [0.2, 0.25) is 0 Å². The maximum Gasteiger partial charge on any atom is 0.158 e. The molecule has 0 aromatic carbocycles. The number of fused-ring (bicyclic) bond motifs is 1. The lowest BCUT2D eigenvalue weighted by Gasteiger charge is -2.30. The van der Waals surface area contributed by atoms with E-state index in [1.807, 2.05) is 0 Å². The number of rotatable bonds is 10. The molecule has 178 valence electrons. The van der Waals surface area contributed by atoms with Crippen molar-refractivity contribution in [1.29, 1.82) is 0 Å². The quantitative estimate of drug-likeness (QED) is 0.394. The molecule has 1 N–H and O–H groups in total. The van der Waals surface area contributed by atoms with E-state index in [0.717, 1.165) is 64.6 Å². The van der Waals surface area contributed by atoms with Crippen molar-refractivity contribution >= 4 is 0 Å². The van der Waals surface area contributed by atoms with Gasteiger partial charge in [0.1, 0.15) is 0 Å². The Bertz CT molecular complexity index is 542. The summed E-state index contributed by atoms with van der Waals surface area (Å²) in [6.07, 6.45) is 16.5. The van der Waals surface area contributed by atoms with Crippen molar-refractivity contribution in [1.82, 2.24) is 0 Å². The lowest BCUT2D eigenvalue weighted by atomic mass is 9.91. The predicted octanol–water partition coefficient (Wildman–Crippen LogP) is 4.69. The van der Waals surface area contributed by atoms with Crippen LogP contribution in [0.1, 0.15) is 84.0 Å². The molecule has 0 aromatic heterocycles. The Morgan fingerprint density at radius 3 is 2.48 bits per heavy atom. The third-order valence-electron chi connectivity index (χ3n) is 7.24. The van der Waals surface area contributed by atoms with Gasteiger partial charge in [0, 0.05) is 32.0 Å². The molecule has 4 rings (SSSR count). The van der Waals surface area contributed by atoms with Crippen LogP contribution in [0.15, 0.2) is 12.2 Å². The summed E-state index contributed by atoms with van der Waals surface area (Å²) in [7, 11) is 0. The van der Waals surface area contributed by atoms with E-state index < -0.39 is 6.29 Å². The van der Waals surface area contributed by atoms with Crippen LogP contribution >= 0.6 is 0 Å². The average molecular weight is 439 g/mol. The van der Waals surface area contributed by atoms with Gasteiger partial charge in [-0.05, 0) is 50.9 Å². The molecule has 4 fully saturated rings. The summed E-state index contributed by atoms with van der Waals surface area (Å²) < 4.78 is 30.3. The molecular formula is C25H42O6. The van der Waals surface area contributed by atoms with Gasteiger partial charge in [-0.2, -0.15) is 0 Å². The monoisotopic (exact) mass is 438 g/mol. The van der Waals surface area contributed by atoms with Crippen molar-refractivity contribution in [3.8, 4) is 0 Å². The average Bonchev–Trinajstić information content (AvgIpc) is 3.29.